The van der Waals surface area contributed by atoms with Crippen LogP contribution in [0.3, 0.4) is 0 Å². The number of benzene rings is 3. The van der Waals surface area contributed by atoms with Crippen LogP contribution in [0.25, 0.3) is 22.2 Å². The van der Waals surface area contributed by atoms with Gasteiger partial charge >= 0.3 is 12.1 Å². The number of carbonyl (C=O) groups excluding carboxylic acids is 2. The molecule has 0 saturated carbocycles. The first-order chi connectivity index (χ1) is 18.4. The Morgan fingerprint density at radius 2 is 1.62 bits per heavy atom. The van der Waals surface area contributed by atoms with Crippen molar-refractivity contribution in [1.29, 1.82) is 0 Å². The van der Waals surface area contributed by atoms with E-state index < -0.39 is 40.0 Å². The van der Waals surface area contributed by atoms with Crippen molar-refractivity contribution in [2.45, 2.75) is 37.9 Å². The van der Waals surface area contributed by atoms with Gasteiger partial charge in [0.1, 0.15) is 24.6 Å². The highest BCUT2D eigenvalue weighted by atomic mass is 32.2. The standard InChI is InChI=1S/C29H29FN2O6S/c1-29(2,3)38-28(34)32-25-13-9-8-12-21(25)16-26(32)23-17-22(14-15-24(23)30)39(35,36)31(4)18-27(33)37-19-20-10-6-5-7-11-20/h5-17H,18-19H2,1-4H3. The van der Waals surface area contributed by atoms with Gasteiger partial charge < -0.3 is 9.47 Å². The van der Waals surface area contributed by atoms with Crippen molar-refractivity contribution in [1.82, 2.24) is 8.87 Å². The molecule has 4 rings (SSSR count). The molecule has 204 valence electrons. The Balaban J connectivity index is 1.65. The van der Waals surface area contributed by atoms with Gasteiger partial charge in [0.25, 0.3) is 0 Å². The predicted octanol–water partition coefficient (Wildman–Crippen LogP) is 5.59. The first-order valence-corrected chi connectivity index (χ1v) is 13.6. The third kappa shape index (κ3) is 6.35. The maximum absolute atomic E-state index is 15.2. The number of para-hydroxylation sites is 1. The molecule has 0 N–H and O–H groups in total. The topological polar surface area (TPSA) is 94.9 Å². The van der Waals surface area contributed by atoms with Gasteiger partial charge in [-0.25, -0.2) is 22.2 Å². The number of likely N-dealkylation sites (N-methyl/N-ethyl adjacent to an activating group) is 1. The smallest absolute Gasteiger partial charge is 0.419 e. The van der Waals surface area contributed by atoms with Gasteiger partial charge in [-0.05, 0) is 56.7 Å². The Hall–Kier alpha value is -4.02. The lowest BCUT2D eigenvalue weighted by Crippen LogP contribution is -2.33. The fourth-order valence-corrected chi connectivity index (χ4v) is 5.09. The predicted molar refractivity (Wildman–Crippen MR) is 145 cm³/mol. The summed E-state index contributed by atoms with van der Waals surface area (Å²) in [7, 11) is -2.98. The van der Waals surface area contributed by atoms with Crippen LogP contribution in [0.2, 0.25) is 0 Å². The maximum Gasteiger partial charge on any atom is 0.419 e. The van der Waals surface area contributed by atoms with Crippen LogP contribution in [0.15, 0.2) is 83.8 Å². The minimum Gasteiger partial charge on any atom is -0.460 e. The van der Waals surface area contributed by atoms with Crippen LogP contribution in [-0.4, -0.2) is 48.5 Å². The van der Waals surface area contributed by atoms with Crippen LogP contribution in [0.5, 0.6) is 0 Å². The second kappa shape index (κ2) is 11.0. The summed E-state index contributed by atoms with van der Waals surface area (Å²) in [5.41, 5.74) is 0.442. The van der Waals surface area contributed by atoms with E-state index in [-0.39, 0.29) is 22.8 Å². The molecule has 0 saturated heterocycles. The maximum atomic E-state index is 15.2. The molecule has 8 nitrogen and oxygen atoms in total. The Morgan fingerprint density at radius 3 is 2.31 bits per heavy atom. The van der Waals surface area contributed by atoms with E-state index >= 15 is 4.39 Å². The van der Waals surface area contributed by atoms with Gasteiger partial charge in [-0.15, -0.1) is 0 Å². The first-order valence-electron chi connectivity index (χ1n) is 12.2. The van der Waals surface area contributed by atoms with Gasteiger partial charge in [0.15, 0.2) is 0 Å². The van der Waals surface area contributed by atoms with Crippen LogP contribution in [0.1, 0.15) is 26.3 Å². The fourth-order valence-electron chi connectivity index (χ4n) is 3.95. The Morgan fingerprint density at radius 1 is 0.949 bits per heavy atom. The average molecular weight is 553 g/mol. The molecular weight excluding hydrogens is 523 g/mol. The molecule has 0 aliphatic carbocycles. The Bertz CT molecular complexity index is 1620. The number of sulfonamides is 1. The lowest BCUT2D eigenvalue weighted by Gasteiger charge is -2.21. The minimum atomic E-state index is -4.22. The van der Waals surface area contributed by atoms with E-state index in [1.165, 1.54) is 11.6 Å². The molecular formula is C29H29FN2O6S. The SMILES string of the molecule is CN(CC(=O)OCc1ccccc1)S(=O)(=O)c1ccc(F)c(-c2cc3ccccc3n2C(=O)OC(C)(C)C)c1. The molecule has 3 aromatic carbocycles. The van der Waals surface area contributed by atoms with Gasteiger partial charge in [0, 0.05) is 18.0 Å². The molecule has 0 radical (unpaired) electrons. The van der Waals surface area contributed by atoms with E-state index in [1.54, 1.807) is 75.4 Å². The summed E-state index contributed by atoms with van der Waals surface area (Å²) in [6.45, 7) is 4.60. The van der Waals surface area contributed by atoms with Crippen molar-refractivity contribution >= 4 is 33.0 Å². The zero-order chi connectivity index (χ0) is 28.4. The normalized spacial score (nSPS) is 12.1. The number of halogens is 1. The highest BCUT2D eigenvalue weighted by Crippen LogP contribution is 2.33. The number of carbonyl (C=O) groups is 2. The van der Waals surface area contributed by atoms with Crippen molar-refractivity contribution in [3.63, 3.8) is 0 Å². The van der Waals surface area contributed by atoms with E-state index in [0.29, 0.717) is 10.9 Å². The molecule has 0 unspecified atom stereocenters. The summed E-state index contributed by atoms with van der Waals surface area (Å²) >= 11 is 0. The van der Waals surface area contributed by atoms with Crippen LogP contribution in [0, 0.1) is 5.82 Å². The highest BCUT2D eigenvalue weighted by molar-refractivity contribution is 7.89. The van der Waals surface area contributed by atoms with Crippen molar-refractivity contribution in [2.75, 3.05) is 13.6 Å². The van der Waals surface area contributed by atoms with Crippen LogP contribution < -0.4 is 0 Å². The molecule has 1 aromatic heterocycles. The van der Waals surface area contributed by atoms with Crippen molar-refractivity contribution in [3.05, 3.63) is 90.2 Å². The van der Waals surface area contributed by atoms with E-state index in [2.05, 4.69) is 0 Å². The summed E-state index contributed by atoms with van der Waals surface area (Å²) < 4.78 is 54.6. The number of nitrogens with zero attached hydrogens (tertiary/aromatic N) is 2. The quantitative estimate of drug-likeness (QED) is 0.277. The van der Waals surface area contributed by atoms with Gasteiger partial charge in [-0.2, -0.15) is 4.31 Å². The van der Waals surface area contributed by atoms with E-state index in [9.17, 15) is 18.0 Å². The monoisotopic (exact) mass is 552 g/mol. The lowest BCUT2D eigenvalue weighted by molar-refractivity contribution is -0.144. The second-order valence-electron chi connectivity index (χ2n) is 9.95. The van der Waals surface area contributed by atoms with E-state index in [4.69, 9.17) is 9.47 Å². The molecule has 39 heavy (non-hydrogen) atoms. The summed E-state index contributed by atoms with van der Waals surface area (Å²) in [6, 6.07) is 20.8. The lowest BCUT2D eigenvalue weighted by atomic mass is 10.1. The molecule has 0 fully saturated rings. The zero-order valence-corrected chi connectivity index (χ0v) is 22.9. The van der Waals surface area contributed by atoms with Crippen LogP contribution >= 0.6 is 0 Å². The summed E-state index contributed by atoms with van der Waals surface area (Å²) in [5, 5.41) is 0.643. The molecule has 0 aliphatic rings. The van der Waals surface area contributed by atoms with Crippen LogP contribution in [0.4, 0.5) is 9.18 Å². The molecule has 0 atom stereocenters. The zero-order valence-electron chi connectivity index (χ0n) is 22.0. The van der Waals surface area contributed by atoms with E-state index in [0.717, 1.165) is 28.1 Å². The van der Waals surface area contributed by atoms with Gasteiger partial charge in [-0.3, -0.25) is 4.79 Å². The number of fused-ring (bicyclic) bond motifs is 1. The summed E-state index contributed by atoms with van der Waals surface area (Å²) in [5.74, 6) is -1.47. The minimum absolute atomic E-state index is 0.00344. The fraction of sp³-hybridized carbons (Fsp3) is 0.241. The molecule has 0 aliphatic heterocycles. The third-order valence-electron chi connectivity index (χ3n) is 5.80. The number of hydrogen-bond acceptors (Lipinski definition) is 6. The molecule has 10 heteroatoms. The average Bonchev–Trinajstić information content (AvgIpc) is 3.27. The van der Waals surface area contributed by atoms with Gasteiger partial charge in [0.05, 0.1) is 16.1 Å². The van der Waals surface area contributed by atoms with E-state index in [1.807, 2.05) is 6.07 Å². The van der Waals surface area contributed by atoms with Gasteiger partial charge in [0.2, 0.25) is 10.0 Å². The van der Waals surface area contributed by atoms with Crippen molar-refractivity contribution < 1.29 is 31.9 Å². The Kier molecular flexibility index (Phi) is 7.89. The first kappa shape index (κ1) is 28.0. The second-order valence-corrected chi connectivity index (χ2v) is 12.0. The number of aromatic nitrogens is 1. The summed E-state index contributed by atoms with van der Waals surface area (Å²) in [6.07, 6.45) is -0.732. The number of esters is 1. The number of hydrogen-bond donors (Lipinski definition) is 0. The molecule has 0 bridgehead atoms. The number of rotatable bonds is 7. The van der Waals surface area contributed by atoms with Crippen LogP contribution in [-0.2, 0) is 30.9 Å². The largest absolute Gasteiger partial charge is 0.460 e. The van der Waals surface area contributed by atoms with Crippen molar-refractivity contribution in [3.8, 4) is 11.3 Å². The molecule has 4 aromatic rings. The highest BCUT2D eigenvalue weighted by Gasteiger charge is 2.28. The Labute approximate surface area is 226 Å². The third-order valence-corrected chi connectivity index (χ3v) is 7.60. The number of ether oxygens (including phenoxy) is 2. The summed E-state index contributed by atoms with van der Waals surface area (Å²) in [4.78, 5) is 25.2. The molecule has 0 spiro atoms. The molecule has 1 heterocycles. The van der Waals surface area contributed by atoms with Crippen molar-refractivity contribution in [2.24, 2.45) is 0 Å². The molecule has 0 amide bonds. The van der Waals surface area contributed by atoms with Gasteiger partial charge in [-0.1, -0.05) is 48.5 Å².